The lowest BCUT2D eigenvalue weighted by atomic mass is 10.3. The van der Waals surface area contributed by atoms with Gasteiger partial charge in [-0.15, -0.1) is 0 Å². The van der Waals surface area contributed by atoms with Crippen molar-refractivity contribution in [3.8, 4) is 0 Å². The number of piperazine rings is 1. The molecule has 1 aliphatic heterocycles. The first-order valence-electron chi connectivity index (χ1n) is 5.73. The highest BCUT2D eigenvalue weighted by molar-refractivity contribution is 5.75. The minimum atomic E-state index is 0.0687. The van der Waals surface area contributed by atoms with E-state index in [4.69, 9.17) is 5.11 Å². The number of amides is 1. The summed E-state index contributed by atoms with van der Waals surface area (Å²) in [4.78, 5) is 19.7. The number of rotatable bonds is 4. The second-order valence-corrected chi connectivity index (χ2v) is 4.04. The van der Waals surface area contributed by atoms with Gasteiger partial charge in [0.15, 0.2) is 0 Å². The molecule has 0 spiro atoms. The van der Waals surface area contributed by atoms with Gasteiger partial charge in [-0.3, -0.25) is 9.69 Å². The summed E-state index contributed by atoms with van der Waals surface area (Å²) in [5.41, 5.74) is 0. The van der Waals surface area contributed by atoms with Crippen molar-refractivity contribution in [1.29, 1.82) is 0 Å². The molecule has 0 unspecified atom stereocenters. The Balaban J connectivity index is 1.78. The lowest BCUT2D eigenvalue weighted by molar-refractivity contribution is -0.133. The van der Waals surface area contributed by atoms with E-state index in [1.807, 2.05) is 4.90 Å². The van der Waals surface area contributed by atoms with Crippen molar-refractivity contribution in [1.82, 2.24) is 24.6 Å². The maximum absolute atomic E-state index is 11.9. The van der Waals surface area contributed by atoms with E-state index in [2.05, 4.69) is 15.0 Å². The molecule has 1 aromatic rings. The monoisotopic (exact) mass is 239 g/mol. The molecule has 1 N–H and O–H groups in total. The molecule has 0 atom stereocenters. The van der Waals surface area contributed by atoms with Crippen LogP contribution in [0, 0.1) is 0 Å². The largest absolute Gasteiger partial charge is 0.395 e. The fourth-order valence-electron chi connectivity index (χ4n) is 1.92. The van der Waals surface area contributed by atoms with E-state index in [9.17, 15) is 4.79 Å². The van der Waals surface area contributed by atoms with Crippen LogP contribution in [-0.4, -0.2) is 74.9 Å². The van der Waals surface area contributed by atoms with Crippen LogP contribution in [0.25, 0.3) is 0 Å². The van der Waals surface area contributed by atoms with E-state index >= 15 is 0 Å². The molecule has 0 bridgehead atoms. The number of hydrogen-bond acceptors (Lipinski definition) is 5. The van der Waals surface area contributed by atoms with Crippen LogP contribution >= 0.6 is 0 Å². The van der Waals surface area contributed by atoms with Gasteiger partial charge in [0.25, 0.3) is 0 Å². The zero-order valence-corrected chi connectivity index (χ0v) is 9.70. The Bertz CT molecular complexity index is 346. The summed E-state index contributed by atoms with van der Waals surface area (Å²) < 4.78 is 1.53. The molecule has 0 aromatic carbocycles. The normalized spacial score (nSPS) is 17.4. The van der Waals surface area contributed by atoms with E-state index in [-0.39, 0.29) is 19.1 Å². The van der Waals surface area contributed by atoms with Crippen molar-refractivity contribution < 1.29 is 9.90 Å². The number of nitrogens with zero attached hydrogens (tertiary/aromatic N) is 5. The van der Waals surface area contributed by atoms with Crippen molar-refractivity contribution >= 4 is 5.91 Å². The van der Waals surface area contributed by atoms with Gasteiger partial charge in [-0.05, 0) is 0 Å². The minimum Gasteiger partial charge on any atom is -0.395 e. The van der Waals surface area contributed by atoms with Crippen molar-refractivity contribution in [3.63, 3.8) is 0 Å². The first kappa shape index (κ1) is 12.0. The summed E-state index contributed by atoms with van der Waals surface area (Å²) in [5, 5.41) is 12.7. The van der Waals surface area contributed by atoms with E-state index < -0.39 is 0 Å². The standard InChI is InChI=1S/C10H17N5O2/c16-6-5-13-1-3-14(4-2-13)10(17)7-15-9-11-8-12-15/h8-9,16H,1-7H2. The van der Waals surface area contributed by atoms with Gasteiger partial charge >= 0.3 is 0 Å². The van der Waals surface area contributed by atoms with Crippen LogP contribution in [0.1, 0.15) is 0 Å². The molecule has 94 valence electrons. The Morgan fingerprint density at radius 1 is 1.29 bits per heavy atom. The summed E-state index contributed by atoms with van der Waals surface area (Å²) in [6, 6.07) is 0. The second kappa shape index (κ2) is 5.74. The van der Waals surface area contributed by atoms with Gasteiger partial charge in [-0.1, -0.05) is 0 Å². The van der Waals surface area contributed by atoms with Crippen LogP contribution in [0.5, 0.6) is 0 Å². The predicted octanol–water partition coefficient (Wildman–Crippen LogP) is -1.59. The van der Waals surface area contributed by atoms with Gasteiger partial charge in [-0.25, -0.2) is 9.67 Å². The van der Waals surface area contributed by atoms with Gasteiger partial charge < -0.3 is 10.0 Å². The van der Waals surface area contributed by atoms with E-state index in [1.54, 1.807) is 6.33 Å². The van der Waals surface area contributed by atoms with Gasteiger partial charge in [-0.2, -0.15) is 5.10 Å². The van der Waals surface area contributed by atoms with E-state index in [1.165, 1.54) is 11.0 Å². The average Bonchev–Trinajstić information content (AvgIpc) is 2.83. The molecule has 7 nitrogen and oxygen atoms in total. The fraction of sp³-hybridized carbons (Fsp3) is 0.700. The maximum atomic E-state index is 11.9. The summed E-state index contributed by atoms with van der Waals surface area (Å²) >= 11 is 0. The lowest BCUT2D eigenvalue weighted by Gasteiger charge is -2.34. The fourth-order valence-corrected chi connectivity index (χ4v) is 1.92. The number of aliphatic hydroxyl groups excluding tert-OH is 1. The van der Waals surface area contributed by atoms with Crippen LogP contribution in [-0.2, 0) is 11.3 Å². The first-order valence-corrected chi connectivity index (χ1v) is 5.73. The molecule has 17 heavy (non-hydrogen) atoms. The van der Waals surface area contributed by atoms with Crippen molar-refractivity contribution in [2.24, 2.45) is 0 Å². The van der Waals surface area contributed by atoms with Gasteiger partial charge in [0.2, 0.25) is 5.91 Å². The quantitative estimate of drug-likeness (QED) is 0.686. The molecule has 1 aromatic heterocycles. The molecule has 1 saturated heterocycles. The number of carbonyl (C=O) groups is 1. The Morgan fingerprint density at radius 3 is 2.65 bits per heavy atom. The van der Waals surface area contributed by atoms with Crippen LogP contribution < -0.4 is 0 Å². The highest BCUT2D eigenvalue weighted by Crippen LogP contribution is 2.02. The summed E-state index contributed by atoms with van der Waals surface area (Å²) in [6.45, 7) is 4.19. The Labute approximate surface area is 99.6 Å². The third-order valence-corrected chi connectivity index (χ3v) is 2.91. The molecule has 2 heterocycles. The van der Waals surface area contributed by atoms with Gasteiger partial charge in [0.05, 0.1) is 6.61 Å². The van der Waals surface area contributed by atoms with Gasteiger partial charge in [0.1, 0.15) is 19.2 Å². The molecule has 0 aliphatic carbocycles. The second-order valence-electron chi connectivity index (χ2n) is 4.04. The topological polar surface area (TPSA) is 74.5 Å². The highest BCUT2D eigenvalue weighted by Gasteiger charge is 2.20. The lowest BCUT2D eigenvalue weighted by Crippen LogP contribution is -2.50. The maximum Gasteiger partial charge on any atom is 0.244 e. The first-order chi connectivity index (χ1) is 8.29. The summed E-state index contributed by atoms with van der Waals surface area (Å²) in [5.74, 6) is 0.0687. The molecule has 0 radical (unpaired) electrons. The smallest absolute Gasteiger partial charge is 0.244 e. The van der Waals surface area contributed by atoms with Crippen molar-refractivity contribution in [2.45, 2.75) is 6.54 Å². The third kappa shape index (κ3) is 3.24. The van der Waals surface area contributed by atoms with Crippen molar-refractivity contribution in [3.05, 3.63) is 12.7 Å². The molecule has 2 rings (SSSR count). The molecule has 1 fully saturated rings. The Kier molecular flexibility index (Phi) is 4.05. The third-order valence-electron chi connectivity index (χ3n) is 2.91. The molecule has 0 saturated carbocycles. The van der Waals surface area contributed by atoms with Crippen LogP contribution in [0.4, 0.5) is 0 Å². The summed E-state index contributed by atoms with van der Waals surface area (Å²) in [6.07, 6.45) is 2.96. The number of carbonyl (C=O) groups excluding carboxylic acids is 1. The zero-order chi connectivity index (χ0) is 12.1. The molecule has 1 aliphatic rings. The Hall–Kier alpha value is -1.47. The molecular weight excluding hydrogens is 222 g/mol. The molecule has 1 amide bonds. The van der Waals surface area contributed by atoms with Crippen molar-refractivity contribution in [2.75, 3.05) is 39.3 Å². The van der Waals surface area contributed by atoms with E-state index in [0.717, 1.165) is 13.1 Å². The van der Waals surface area contributed by atoms with Crippen LogP contribution in [0.3, 0.4) is 0 Å². The predicted molar refractivity (Wildman–Crippen MR) is 60.1 cm³/mol. The minimum absolute atomic E-state index is 0.0687. The van der Waals surface area contributed by atoms with Crippen LogP contribution in [0.15, 0.2) is 12.7 Å². The average molecular weight is 239 g/mol. The van der Waals surface area contributed by atoms with Gasteiger partial charge in [0, 0.05) is 32.7 Å². The summed E-state index contributed by atoms with van der Waals surface area (Å²) in [7, 11) is 0. The SMILES string of the molecule is O=C(Cn1cncn1)N1CCN(CCO)CC1. The highest BCUT2D eigenvalue weighted by atomic mass is 16.3. The number of hydrogen-bond donors (Lipinski definition) is 1. The van der Waals surface area contributed by atoms with E-state index in [0.29, 0.717) is 19.6 Å². The zero-order valence-electron chi connectivity index (χ0n) is 9.70. The molecular formula is C10H17N5O2. The number of aromatic nitrogens is 3. The number of β-amino-alcohol motifs (C(OH)–C–C–N with tert-alkyl or cyclic N) is 1. The Morgan fingerprint density at radius 2 is 2.06 bits per heavy atom. The molecule has 7 heteroatoms. The number of aliphatic hydroxyl groups is 1. The van der Waals surface area contributed by atoms with Crippen LogP contribution in [0.2, 0.25) is 0 Å².